The molecule has 0 bridgehead atoms. The number of anilines is 1. The van der Waals surface area contributed by atoms with Crippen molar-refractivity contribution in [3.63, 3.8) is 0 Å². The normalized spacial score (nSPS) is 14.1. The molecule has 198 valence electrons. The second-order valence-electron chi connectivity index (χ2n) is 9.91. The minimum absolute atomic E-state index is 0.400. The minimum Gasteiger partial charge on any atom is -0.437 e. The summed E-state index contributed by atoms with van der Waals surface area (Å²) in [7, 11) is 0. The summed E-state index contributed by atoms with van der Waals surface area (Å²) in [4.78, 5) is 25.5. The van der Waals surface area contributed by atoms with Crippen LogP contribution in [0.2, 0.25) is 0 Å². The molecule has 3 aromatic heterocycles. The van der Waals surface area contributed by atoms with Crippen LogP contribution in [0.25, 0.3) is 28.0 Å². The summed E-state index contributed by atoms with van der Waals surface area (Å²) < 4.78 is 13.9. The number of fused-ring (bicyclic) bond motifs is 6. The average molecular weight is 530 g/mol. The van der Waals surface area contributed by atoms with Crippen LogP contribution in [0.4, 0.5) is 5.69 Å². The first-order chi connectivity index (χ1) is 19.6. The van der Waals surface area contributed by atoms with Crippen LogP contribution in [0.5, 0.6) is 11.6 Å². The Balaban J connectivity index is 1.50. The largest absolute Gasteiger partial charge is 0.437 e. The van der Waals surface area contributed by atoms with E-state index in [4.69, 9.17) is 19.2 Å². The average Bonchev–Trinajstić information content (AvgIpc) is 3.42. The molecule has 1 aliphatic heterocycles. The van der Waals surface area contributed by atoms with E-state index in [9.17, 15) is 4.79 Å². The third kappa shape index (κ3) is 3.67. The minimum atomic E-state index is -0.518. The Hall–Kier alpha value is -4.98. The second kappa shape index (κ2) is 9.34. The predicted molar refractivity (Wildman–Crippen MR) is 154 cm³/mol. The monoisotopic (exact) mass is 529 g/mol. The quantitative estimate of drug-likeness (QED) is 0.241. The van der Waals surface area contributed by atoms with Crippen LogP contribution in [-0.2, 0) is 0 Å². The van der Waals surface area contributed by atoms with Crippen molar-refractivity contribution in [2.75, 3.05) is 18.0 Å². The maximum absolute atomic E-state index is 13.6. The maximum Gasteiger partial charge on any atom is 0.344 e. The molecule has 1 aliphatic rings. The Morgan fingerprint density at radius 3 is 2.45 bits per heavy atom. The van der Waals surface area contributed by atoms with Gasteiger partial charge in [0.1, 0.15) is 11.9 Å². The van der Waals surface area contributed by atoms with Crippen LogP contribution in [0.1, 0.15) is 42.0 Å². The number of nitrogens with zero attached hydrogens (tertiary/aromatic N) is 5. The van der Waals surface area contributed by atoms with Gasteiger partial charge in [0.05, 0.1) is 22.4 Å². The van der Waals surface area contributed by atoms with Gasteiger partial charge in [-0.05, 0) is 56.2 Å². The Labute approximate surface area is 230 Å². The van der Waals surface area contributed by atoms with Crippen LogP contribution >= 0.6 is 0 Å². The summed E-state index contributed by atoms with van der Waals surface area (Å²) in [6.07, 6.45) is 1.61. The topological polar surface area (TPSA) is 85.8 Å². The highest BCUT2D eigenvalue weighted by atomic mass is 16.5. The molecule has 0 amide bonds. The van der Waals surface area contributed by atoms with Crippen molar-refractivity contribution in [3.05, 3.63) is 112 Å². The molecule has 3 aromatic carbocycles. The lowest BCUT2D eigenvalue weighted by atomic mass is 9.84. The van der Waals surface area contributed by atoms with Gasteiger partial charge >= 0.3 is 5.63 Å². The zero-order valence-corrected chi connectivity index (χ0v) is 22.5. The molecule has 0 radical (unpaired) electrons. The SMILES string of the molecule is CCN(CC)c1ccc(C2c3c(c4ccccc4oc3=O)Oc3ncn4nc(-c5ccccc5C)nc4c32)cc1. The van der Waals surface area contributed by atoms with Gasteiger partial charge in [0.25, 0.3) is 0 Å². The van der Waals surface area contributed by atoms with Crippen molar-refractivity contribution < 1.29 is 9.15 Å². The smallest absolute Gasteiger partial charge is 0.344 e. The summed E-state index contributed by atoms with van der Waals surface area (Å²) >= 11 is 0. The van der Waals surface area contributed by atoms with E-state index in [2.05, 4.69) is 48.0 Å². The molecule has 0 N–H and O–H groups in total. The lowest BCUT2D eigenvalue weighted by Gasteiger charge is -2.28. The zero-order chi connectivity index (χ0) is 27.4. The van der Waals surface area contributed by atoms with Crippen molar-refractivity contribution in [1.82, 2.24) is 19.6 Å². The first-order valence-corrected chi connectivity index (χ1v) is 13.5. The molecule has 40 heavy (non-hydrogen) atoms. The van der Waals surface area contributed by atoms with Gasteiger partial charge in [0.2, 0.25) is 5.88 Å². The van der Waals surface area contributed by atoms with Gasteiger partial charge in [-0.2, -0.15) is 0 Å². The van der Waals surface area contributed by atoms with E-state index in [0.717, 1.165) is 40.9 Å². The summed E-state index contributed by atoms with van der Waals surface area (Å²) in [5, 5.41) is 5.47. The van der Waals surface area contributed by atoms with Gasteiger partial charge in [0, 0.05) is 24.3 Å². The third-order valence-corrected chi connectivity index (χ3v) is 7.70. The van der Waals surface area contributed by atoms with E-state index in [-0.39, 0.29) is 0 Å². The number of rotatable bonds is 5. The number of aromatic nitrogens is 4. The van der Waals surface area contributed by atoms with Gasteiger partial charge in [0.15, 0.2) is 17.2 Å². The fraction of sp³-hybridized carbons (Fsp3) is 0.188. The highest BCUT2D eigenvalue weighted by Crippen LogP contribution is 2.49. The molecule has 0 saturated heterocycles. The summed E-state index contributed by atoms with van der Waals surface area (Å²) in [6.45, 7) is 8.11. The first kappa shape index (κ1) is 24.1. The molecule has 6 aromatic rings. The predicted octanol–water partition coefficient (Wildman–Crippen LogP) is 6.34. The van der Waals surface area contributed by atoms with Gasteiger partial charge in [-0.1, -0.05) is 48.5 Å². The molecule has 1 atom stereocenters. The third-order valence-electron chi connectivity index (χ3n) is 7.70. The van der Waals surface area contributed by atoms with Crippen LogP contribution in [0.15, 0.2) is 88.3 Å². The van der Waals surface area contributed by atoms with Crippen LogP contribution < -0.4 is 15.3 Å². The standard InChI is InChI=1S/C32H27N5O3/c1-4-36(5-2)21-16-14-20(15-17-21)25-26-28(23-12-8-9-13-24(23)39-32(26)38)40-31-27(25)30-34-29(35-37(30)18-33-31)22-11-7-6-10-19(22)3/h6-18,25H,4-5H2,1-3H3. The van der Waals surface area contributed by atoms with Gasteiger partial charge in [-0.15, -0.1) is 5.10 Å². The maximum atomic E-state index is 13.6. The van der Waals surface area contributed by atoms with Crippen LogP contribution in [-0.4, -0.2) is 32.7 Å². The Kier molecular flexibility index (Phi) is 5.62. The molecular formula is C32H27N5O3. The van der Waals surface area contributed by atoms with E-state index in [1.165, 1.54) is 0 Å². The van der Waals surface area contributed by atoms with E-state index in [0.29, 0.717) is 39.8 Å². The van der Waals surface area contributed by atoms with Crippen molar-refractivity contribution in [2.45, 2.75) is 26.7 Å². The lowest BCUT2D eigenvalue weighted by molar-refractivity contribution is 0.422. The number of hydrogen-bond donors (Lipinski definition) is 0. The van der Waals surface area contributed by atoms with Crippen molar-refractivity contribution in [3.8, 4) is 23.0 Å². The molecule has 0 saturated carbocycles. The zero-order valence-electron chi connectivity index (χ0n) is 22.5. The van der Waals surface area contributed by atoms with E-state index in [1.54, 1.807) is 16.9 Å². The molecule has 0 spiro atoms. The molecule has 8 heteroatoms. The molecular weight excluding hydrogens is 502 g/mol. The summed E-state index contributed by atoms with van der Waals surface area (Å²) in [5.41, 5.74) is 5.75. The van der Waals surface area contributed by atoms with Crippen molar-refractivity contribution in [1.29, 1.82) is 0 Å². The van der Waals surface area contributed by atoms with E-state index >= 15 is 0 Å². The van der Waals surface area contributed by atoms with Crippen molar-refractivity contribution in [2.24, 2.45) is 0 Å². The number of ether oxygens (including phenoxy) is 1. The summed E-state index contributed by atoms with van der Waals surface area (Å²) in [6, 6.07) is 23.7. The Morgan fingerprint density at radius 2 is 1.68 bits per heavy atom. The molecule has 4 heterocycles. The fourth-order valence-corrected chi connectivity index (χ4v) is 5.67. The number of aryl methyl sites for hydroxylation is 1. The first-order valence-electron chi connectivity index (χ1n) is 13.5. The molecule has 0 aliphatic carbocycles. The van der Waals surface area contributed by atoms with Gasteiger partial charge in [-0.3, -0.25) is 0 Å². The molecule has 8 nitrogen and oxygen atoms in total. The van der Waals surface area contributed by atoms with E-state index in [1.807, 2.05) is 49.4 Å². The molecule has 0 fully saturated rings. The Morgan fingerprint density at radius 1 is 0.925 bits per heavy atom. The molecule has 7 rings (SSSR count). The highest BCUT2D eigenvalue weighted by Gasteiger charge is 2.37. The van der Waals surface area contributed by atoms with Crippen LogP contribution in [0.3, 0.4) is 0 Å². The van der Waals surface area contributed by atoms with Gasteiger partial charge in [-0.25, -0.2) is 19.3 Å². The number of benzene rings is 3. The van der Waals surface area contributed by atoms with Crippen molar-refractivity contribution >= 4 is 22.3 Å². The van der Waals surface area contributed by atoms with Gasteiger partial charge < -0.3 is 14.1 Å². The number of hydrogen-bond acceptors (Lipinski definition) is 7. The van der Waals surface area contributed by atoms with Crippen LogP contribution in [0, 0.1) is 6.92 Å². The fourth-order valence-electron chi connectivity index (χ4n) is 5.67. The molecule has 1 unspecified atom stereocenters. The van der Waals surface area contributed by atoms with E-state index < -0.39 is 11.5 Å². The Bertz CT molecular complexity index is 1950. The summed E-state index contributed by atoms with van der Waals surface area (Å²) in [5.74, 6) is 0.931. The number of para-hydroxylation sites is 1. The second-order valence-corrected chi connectivity index (χ2v) is 9.91. The highest BCUT2D eigenvalue weighted by molar-refractivity contribution is 5.87. The lowest BCUT2D eigenvalue weighted by Crippen LogP contribution is -2.23.